The summed E-state index contributed by atoms with van der Waals surface area (Å²) in [6, 6.07) is 8.29. The Balaban J connectivity index is 1.87. The summed E-state index contributed by atoms with van der Waals surface area (Å²) in [5, 5.41) is 25.1. The average molecular weight is 379 g/mol. The van der Waals surface area contributed by atoms with Gasteiger partial charge in [-0.3, -0.25) is 0 Å². The monoisotopic (exact) mass is 379 g/mol. The first kappa shape index (κ1) is 17.1. The minimum atomic E-state index is -5.02. The summed E-state index contributed by atoms with van der Waals surface area (Å²) in [6.07, 6.45) is -4.45. The highest BCUT2D eigenvalue weighted by Crippen LogP contribution is 2.41. The van der Waals surface area contributed by atoms with Gasteiger partial charge in [-0.2, -0.15) is 13.2 Å². The van der Waals surface area contributed by atoms with Crippen LogP contribution in [0.25, 0.3) is 0 Å². The van der Waals surface area contributed by atoms with E-state index < -0.39 is 24.3 Å². The van der Waals surface area contributed by atoms with E-state index in [0.29, 0.717) is 10.6 Å². The number of halogens is 3. The molecular weight excluding hydrogens is 365 g/mol. The van der Waals surface area contributed by atoms with Gasteiger partial charge in [0.15, 0.2) is 6.33 Å². The number of hydrogen-bond donors (Lipinski definition) is 3. The molecule has 0 amide bonds. The molecule has 1 atom stereocenters. The number of aliphatic hydroxyl groups is 1. The first-order chi connectivity index (χ1) is 12.8. The van der Waals surface area contributed by atoms with Gasteiger partial charge >= 0.3 is 17.9 Å². The van der Waals surface area contributed by atoms with E-state index in [9.17, 15) is 18.3 Å². The van der Waals surface area contributed by atoms with Crippen molar-refractivity contribution in [3.63, 3.8) is 0 Å². The van der Waals surface area contributed by atoms with Crippen molar-refractivity contribution in [2.24, 2.45) is 21.0 Å². The third-order valence-corrected chi connectivity index (χ3v) is 4.20. The molecule has 4 rings (SSSR count). The number of nitrogens with zero attached hydrogens (tertiary/aromatic N) is 6. The fourth-order valence-corrected chi connectivity index (χ4v) is 2.85. The smallest absolute Gasteiger partial charge is 0.384 e. The van der Waals surface area contributed by atoms with E-state index in [-0.39, 0.29) is 23.8 Å². The molecule has 2 aliphatic heterocycles. The van der Waals surface area contributed by atoms with Crippen LogP contribution in [-0.4, -0.2) is 49.6 Å². The average Bonchev–Trinajstić information content (AvgIpc) is 3.18. The van der Waals surface area contributed by atoms with Gasteiger partial charge in [0.25, 0.3) is 0 Å². The molecule has 0 unspecified atom stereocenters. The minimum absolute atomic E-state index is 0.0565. The van der Waals surface area contributed by atoms with Gasteiger partial charge in [0, 0.05) is 5.10 Å². The van der Waals surface area contributed by atoms with Crippen molar-refractivity contribution in [1.82, 2.24) is 15.1 Å². The van der Waals surface area contributed by atoms with Crippen LogP contribution >= 0.6 is 0 Å². The molecule has 0 bridgehead atoms. The van der Waals surface area contributed by atoms with E-state index in [1.54, 1.807) is 30.3 Å². The van der Waals surface area contributed by atoms with Gasteiger partial charge in [-0.05, 0) is 5.56 Å². The molecule has 9 nitrogen and oxygen atoms in total. The van der Waals surface area contributed by atoms with Crippen molar-refractivity contribution in [3.05, 3.63) is 48.0 Å². The molecule has 1 aromatic carbocycles. The Morgan fingerprint density at radius 3 is 2.67 bits per heavy atom. The van der Waals surface area contributed by atoms with Crippen LogP contribution in [0.3, 0.4) is 0 Å². The zero-order valence-corrected chi connectivity index (χ0v) is 13.7. The van der Waals surface area contributed by atoms with Gasteiger partial charge in [-0.1, -0.05) is 35.4 Å². The first-order valence-electron chi connectivity index (χ1n) is 7.86. The first-order valence-corrected chi connectivity index (χ1v) is 7.86. The number of nitrogens with one attached hydrogen (secondary N) is 1. The van der Waals surface area contributed by atoms with Crippen LogP contribution < -0.4 is 10.4 Å². The normalized spacial score (nSPS) is 22.7. The Morgan fingerprint density at radius 2 is 1.96 bits per heavy atom. The molecule has 4 N–H and O–H groups in total. The van der Waals surface area contributed by atoms with E-state index in [0.717, 1.165) is 4.68 Å². The SMILES string of the molecule is NC1=NN=C(N2N=C(c3ccccc3)C[C@]2(O)C(F)(F)F)[n+]2[nH]cnc2C1. The molecule has 1 aromatic heterocycles. The lowest BCUT2D eigenvalue weighted by atomic mass is 10.0. The lowest BCUT2D eigenvalue weighted by Gasteiger charge is -2.29. The van der Waals surface area contributed by atoms with Gasteiger partial charge in [0.2, 0.25) is 5.82 Å². The lowest BCUT2D eigenvalue weighted by Crippen LogP contribution is -2.65. The van der Waals surface area contributed by atoms with Crippen molar-refractivity contribution in [2.45, 2.75) is 24.7 Å². The Hall–Kier alpha value is -3.28. The maximum atomic E-state index is 13.8. The molecule has 2 aromatic rings. The standard InChI is InChI=1S/C15H13F3N8O/c16-15(17,18)14(27)7-10(9-4-2-1-3-5-9)24-26(14)13-23-22-11(19)6-12-20-8-21-25(12)13/h1-5,8,27H,6-7H2,(H2,19,22)/p+1/t14-/m0/s1. The van der Waals surface area contributed by atoms with Crippen LogP contribution in [0.4, 0.5) is 13.2 Å². The number of amidine groups is 1. The van der Waals surface area contributed by atoms with Gasteiger partial charge in [-0.25, -0.2) is 5.10 Å². The molecule has 0 saturated carbocycles. The predicted molar refractivity (Wildman–Crippen MR) is 87.4 cm³/mol. The van der Waals surface area contributed by atoms with Gasteiger partial charge in [0.1, 0.15) is 5.84 Å². The third kappa shape index (κ3) is 2.73. The van der Waals surface area contributed by atoms with Crippen molar-refractivity contribution in [1.29, 1.82) is 0 Å². The highest BCUT2D eigenvalue weighted by molar-refractivity contribution is 6.03. The second kappa shape index (κ2) is 5.87. The predicted octanol–water partition coefficient (Wildman–Crippen LogP) is 0.0905. The van der Waals surface area contributed by atoms with E-state index in [4.69, 9.17) is 5.73 Å². The van der Waals surface area contributed by atoms with Gasteiger partial charge < -0.3 is 10.8 Å². The molecule has 2 aliphatic rings. The molecule has 0 spiro atoms. The van der Waals surface area contributed by atoms with Crippen LogP contribution in [-0.2, 0) is 6.42 Å². The van der Waals surface area contributed by atoms with Crippen molar-refractivity contribution in [3.8, 4) is 0 Å². The topological polar surface area (TPSA) is 119 Å². The maximum Gasteiger partial charge on any atom is 0.450 e. The summed E-state index contributed by atoms with van der Waals surface area (Å²) in [6.45, 7) is 0. The summed E-state index contributed by atoms with van der Waals surface area (Å²) in [5.41, 5.74) is 2.88. The lowest BCUT2D eigenvalue weighted by molar-refractivity contribution is -0.637. The van der Waals surface area contributed by atoms with Gasteiger partial charge in [0.05, 0.1) is 18.6 Å². The summed E-state index contributed by atoms with van der Waals surface area (Å²) < 4.78 is 42.6. The number of alkyl halides is 3. The van der Waals surface area contributed by atoms with E-state index in [1.165, 1.54) is 6.33 Å². The summed E-state index contributed by atoms with van der Waals surface area (Å²) in [4.78, 5) is 4.00. The third-order valence-electron chi connectivity index (χ3n) is 4.20. The number of nitrogens with two attached hydrogens (primary N) is 1. The summed E-state index contributed by atoms with van der Waals surface area (Å²) in [5.74, 6) is -0.0538. The van der Waals surface area contributed by atoms with E-state index in [1.807, 2.05) is 0 Å². The number of fused-ring (bicyclic) bond motifs is 1. The van der Waals surface area contributed by atoms with E-state index in [2.05, 4.69) is 25.4 Å². The quantitative estimate of drug-likeness (QED) is 0.609. The molecule has 0 aliphatic carbocycles. The molecule has 3 heterocycles. The molecule has 140 valence electrons. The largest absolute Gasteiger partial charge is 0.450 e. The molecular formula is C15H14F3N8O+. The van der Waals surface area contributed by atoms with Crippen LogP contribution in [0, 0.1) is 0 Å². The summed E-state index contributed by atoms with van der Waals surface area (Å²) in [7, 11) is 0. The van der Waals surface area contributed by atoms with Crippen molar-refractivity contribution in [2.75, 3.05) is 0 Å². The fraction of sp³-hybridized carbons (Fsp3) is 0.267. The number of hydrogen-bond acceptors (Lipinski definition) is 7. The zero-order chi connectivity index (χ0) is 19.2. The number of aromatic nitrogens is 3. The zero-order valence-electron chi connectivity index (χ0n) is 13.7. The molecule has 0 radical (unpaired) electrons. The fourth-order valence-electron chi connectivity index (χ4n) is 2.85. The van der Waals surface area contributed by atoms with Crippen LogP contribution in [0.1, 0.15) is 17.8 Å². The maximum absolute atomic E-state index is 13.8. The number of benzene rings is 1. The van der Waals surface area contributed by atoms with E-state index >= 15 is 0 Å². The van der Waals surface area contributed by atoms with Crippen molar-refractivity contribution >= 4 is 17.5 Å². The molecule has 0 fully saturated rings. The van der Waals surface area contributed by atoms with Crippen LogP contribution in [0.2, 0.25) is 0 Å². The van der Waals surface area contributed by atoms with Gasteiger partial charge in [-0.15, -0.1) is 19.8 Å². The number of hydrazone groups is 1. The van der Waals surface area contributed by atoms with Crippen LogP contribution in [0.15, 0.2) is 52.0 Å². The highest BCUT2D eigenvalue weighted by Gasteiger charge is 2.66. The Morgan fingerprint density at radius 1 is 1.22 bits per heavy atom. The highest BCUT2D eigenvalue weighted by atomic mass is 19.4. The summed E-state index contributed by atoms with van der Waals surface area (Å²) >= 11 is 0. The second-order valence-electron chi connectivity index (χ2n) is 6.02. The Labute approximate surface area is 150 Å². The number of rotatable bonds is 1. The number of aromatic amines is 1. The Kier molecular flexibility index (Phi) is 3.73. The van der Waals surface area contributed by atoms with Crippen molar-refractivity contribution < 1.29 is 23.0 Å². The second-order valence-corrected chi connectivity index (χ2v) is 6.02. The molecule has 0 saturated heterocycles. The molecule has 12 heteroatoms. The number of H-pyrrole nitrogens is 1. The van der Waals surface area contributed by atoms with Crippen LogP contribution in [0.5, 0.6) is 0 Å². The minimum Gasteiger partial charge on any atom is -0.384 e. The molecule has 27 heavy (non-hydrogen) atoms. The Bertz CT molecular complexity index is 965.